The first kappa shape index (κ1) is 16.7. The van der Waals surface area contributed by atoms with Crippen molar-refractivity contribution in [2.75, 3.05) is 6.54 Å². The molecule has 1 aromatic rings. The van der Waals surface area contributed by atoms with Crippen molar-refractivity contribution in [1.82, 2.24) is 10.6 Å². The van der Waals surface area contributed by atoms with E-state index in [-0.39, 0.29) is 31.2 Å². The van der Waals surface area contributed by atoms with Gasteiger partial charge in [0.05, 0.1) is 18.9 Å². The van der Waals surface area contributed by atoms with Crippen molar-refractivity contribution in [3.8, 4) is 0 Å². The van der Waals surface area contributed by atoms with Gasteiger partial charge in [0.25, 0.3) is 0 Å². The third-order valence-electron chi connectivity index (χ3n) is 2.68. The van der Waals surface area contributed by atoms with Crippen LogP contribution in [0.15, 0.2) is 33.0 Å². The van der Waals surface area contributed by atoms with E-state index in [0.29, 0.717) is 10.9 Å². The molecule has 1 unspecified atom stereocenters. The van der Waals surface area contributed by atoms with Gasteiger partial charge in [0.2, 0.25) is 11.8 Å². The Hall–Kier alpha value is -2.62. The molecule has 10 heteroatoms. The summed E-state index contributed by atoms with van der Waals surface area (Å²) in [5.41, 5.74) is 0. The van der Waals surface area contributed by atoms with Crippen molar-refractivity contribution in [3.63, 3.8) is 0 Å². The number of amides is 2. The Kier molecular flexibility index (Phi) is 5.92. The van der Waals surface area contributed by atoms with Crippen LogP contribution >= 0.6 is 11.8 Å². The fraction of sp³-hybridized carbons (Fsp3) is 0.308. The molecule has 1 atom stereocenters. The summed E-state index contributed by atoms with van der Waals surface area (Å²) in [6.45, 7) is 0.0293. The molecule has 9 nitrogen and oxygen atoms in total. The van der Waals surface area contributed by atoms with Crippen molar-refractivity contribution in [1.29, 1.82) is 0 Å². The largest absolute Gasteiger partial charge is 0.481 e. The highest BCUT2D eigenvalue weighted by Gasteiger charge is 2.32. The second-order valence-corrected chi connectivity index (χ2v) is 5.65. The SMILES string of the molecule is O=C(O)CCNC(=O)CC1SC(=NN=Cc2ccco2)NC1=O. The van der Waals surface area contributed by atoms with E-state index in [9.17, 15) is 14.4 Å². The average Bonchev–Trinajstić information content (AvgIpc) is 3.09. The molecule has 0 aromatic carbocycles. The van der Waals surface area contributed by atoms with Crippen LogP contribution in [0.1, 0.15) is 18.6 Å². The standard InChI is InChI=1S/C13H14N4O5S/c18-10(14-4-3-11(19)20)6-9-12(21)16-13(23-9)17-15-7-8-2-1-5-22-8/h1-2,5,7,9H,3-4,6H2,(H,14,18)(H,19,20)(H,16,17,21). The monoisotopic (exact) mass is 338 g/mol. The van der Waals surface area contributed by atoms with Gasteiger partial charge in [0.15, 0.2) is 5.17 Å². The summed E-state index contributed by atoms with van der Waals surface area (Å²) in [6.07, 6.45) is 2.67. The van der Waals surface area contributed by atoms with Crippen LogP contribution in [0.5, 0.6) is 0 Å². The second-order valence-electron chi connectivity index (χ2n) is 4.46. The topological polar surface area (TPSA) is 133 Å². The molecule has 0 saturated carbocycles. The van der Waals surface area contributed by atoms with Gasteiger partial charge >= 0.3 is 5.97 Å². The number of aliphatic carboxylic acids is 1. The molecule has 1 saturated heterocycles. The molecule has 1 aromatic heterocycles. The zero-order valence-electron chi connectivity index (χ0n) is 11.9. The lowest BCUT2D eigenvalue weighted by Crippen LogP contribution is -2.32. The Morgan fingerprint density at radius 2 is 2.35 bits per heavy atom. The lowest BCUT2D eigenvalue weighted by Gasteiger charge is -2.05. The lowest BCUT2D eigenvalue weighted by atomic mass is 10.2. The van der Waals surface area contributed by atoms with E-state index >= 15 is 0 Å². The molecule has 0 aliphatic carbocycles. The summed E-state index contributed by atoms with van der Waals surface area (Å²) in [7, 11) is 0. The van der Waals surface area contributed by atoms with Crippen LogP contribution in [-0.2, 0) is 14.4 Å². The Labute approximate surface area is 135 Å². The fourth-order valence-corrected chi connectivity index (χ4v) is 2.56. The Balaban J connectivity index is 1.80. The molecule has 2 amide bonds. The van der Waals surface area contributed by atoms with E-state index in [4.69, 9.17) is 9.52 Å². The number of furan rings is 1. The summed E-state index contributed by atoms with van der Waals surface area (Å²) in [6, 6.07) is 3.41. The number of carboxylic acids is 1. The highest BCUT2D eigenvalue weighted by atomic mass is 32.2. The smallest absolute Gasteiger partial charge is 0.305 e. The normalized spacial score (nSPS) is 19.2. The zero-order chi connectivity index (χ0) is 16.7. The molecular formula is C13H14N4O5S. The summed E-state index contributed by atoms with van der Waals surface area (Å²) >= 11 is 1.09. The Bertz CT molecular complexity index is 641. The van der Waals surface area contributed by atoms with Crippen molar-refractivity contribution < 1.29 is 23.9 Å². The van der Waals surface area contributed by atoms with Crippen molar-refractivity contribution in [2.45, 2.75) is 18.1 Å². The summed E-state index contributed by atoms with van der Waals surface area (Å²) in [5, 5.41) is 20.7. The van der Waals surface area contributed by atoms with Crippen molar-refractivity contribution in [2.24, 2.45) is 10.2 Å². The minimum atomic E-state index is -0.998. The van der Waals surface area contributed by atoms with Gasteiger partial charge in [0, 0.05) is 13.0 Å². The lowest BCUT2D eigenvalue weighted by molar-refractivity contribution is -0.137. The van der Waals surface area contributed by atoms with Crippen LogP contribution < -0.4 is 10.6 Å². The van der Waals surface area contributed by atoms with E-state index in [0.717, 1.165) is 11.8 Å². The predicted octanol–water partition coefficient (Wildman–Crippen LogP) is 0.182. The van der Waals surface area contributed by atoms with Crippen LogP contribution in [0.2, 0.25) is 0 Å². The number of hydrogen-bond donors (Lipinski definition) is 3. The molecule has 1 aliphatic heterocycles. The molecule has 0 bridgehead atoms. The third kappa shape index (κ3) is 5.58. The average molecular weight is 338 g/mol. The molecular weight excluding hydrogens is 324 g/mol. The molecule has 1 aliphatic rings. The van der Waals surface area contributed by atoms with E-state index in [1.54, 1.807) is 12.1 Å². The number of rotatable bonds is 7. The van der Waals surface area contributed by atoms with Gasteiger partial charge < -0.3 is 20.2 Å². The zero-order valence-corrected chi connectivity index (χ0v) is 12.7. The number of carboxylic acid groups (broad SMARTS) is 1. The minimum Gasteiger partial charge on any atom is -0.481 e. The highest BCUT2D eigenvalue weighted by Crippen LogP contribution is 2.22. The number of amidine groups is 1. The van der Waals surface area contributed by atoms with Crippen molar-refractivity contribution in [3.05, 3.63) is 24.2 Å². The molecule has 3 N–H and O–H groups in total. The van der Waals surface area contributed by atoms with Gasteiger partial charge in [-0.15, -0.1) is 5.10 Å². The maximum absolute atomic E-state index is 11.7. The first-order chi connectivity index (χ1) is 11.0. The van der Waals surface area contributed by atoms with E-state index < -0.39 is 11.2 Å². The van der Waals surface area contributed by atoms with E-state index in [1.807, 2.05) is 0 Å². The second kappa shape index (κ2) is 8.13. The van der Waals surface area contributed by atoms with Crippen LogP contribution in [-0.4, -0.2) is 46.1 Å². The first-order valence-corrected chi connectivity index (χ1v) is 7.53. The number of carbonyl (C=O) groups excluding carboxylic acids is 2. The maximum Gasteiger partial charge on any atom is 0.305 e. The van der Waals surface area contributed by atoms with Gasteiger partial charge in [-0.2, -0.15) is 5.10 Å². The van der Waals surface area contributed by atoms with Gasteiger partial charge in [-0.25, -0.2) is 0 Å². The van der Waals surface area contributed by atoms with Crippen LogP contribution in [0, 0.1) is 0 Å². The number of carbonyl (C=O) groups is 3. The molecule has 1 fully saturated rings. The Morgan fingerprint density at radius 1 is 1.52 bits per heavy atom. The number of nitrogens with zero attached hydrogens (tertiary/aromatic N) is 2. The molecule has 23 heavy (non-hydrogen) atoms. The molecule has 0 radical (unpaired) electrons. The van der Waals surface area contributed by atoms with Gasteiger partial charge in [-0.1, -0.05) is 11.8 Å². The van der Waals surface area contributed by atoms with Gasteiger partial charge in [-0.05, 0) is 12.1 Å². The first-order valence-electron chi connectivity index (χ1n) is 6.65. The quantitative estimate of drug-likeness (QED) is 0.480. The summed E-state index contributed by atoms with van der Waals surface area (Å²) in [4.78, 5) is 33.7. The molecule has 2 heterocycles. The van der Waals surface area contributed by atoms with Crippen molar-refractivity contribution >= 4 is 40.9 Å². The number of thioether (sulfide) groups is 1. The summed E-state index contributed by atoms with van der Waals surface area (Å²) < 4.78 is 5.04. The molecule has 2 rings (SSSR count). The van der Waals surface area contributed by atoms with Crippen LogP contribution in [0.4, 0.5) is 0 Å². The maximum atomic E-state index is 11.7. The third-order valence-corrected chi connectivity index (χ3v) is 3.76. The number of hydrogen-bond acceptors (Lipinski definition) is 7. The highest BCUT2D eigenvalue weighted by molar-refractivity contribution is 8.15. The Morgan fingerprint density at radius 3 is 3.04 bits per heavy atom. The van der Waals surface area contributed by atoms with E-state index in [2.05, 4.69) is 20.8 Å². The van der Waals surface area contributed by atoms with Crippen LogP contribution in [0.3, 0.4) is 0 Å². The predicted molar refractivity (Wildman–Crippen MR) is 83.1 cm³/mol. The summed E-state index contributed by atoms with van der Waals surface area (Å²) in [5.74, 6) is -1.20. The van der Waals surface area contributed by atoms with Crippen LogP contribution in [0.25, 0.3) is 0 Å². The fourth-order valence-electron chi connectivity index (χ4n) is 1.64. The molecule has 0 spiro atoms. The van der Waals surface area contributed by atoms with Gasteiger partial charge in [-0.3, -0.25) is 14.4 Å². The number of nitrogens with one attached hydrogen (secondary N) is 2. The van der Waals surface area contributed by atoms with Gasteiger partial charge in [0.1, 0.15) is 11.0 Å². The minimum absolute atomic E-state index is 0.0293. The molecule has 122 valence electrons. The van der Waals surface area contributed by atoms with E-state index in [1.165, 1.54) is 12.5 Å².